The average Bonchev–Trinajstić information content (AvgIpc) is 1.80. The van der Waals surface area contributed by atoms with Crippen LogP contribution in [0.5, 0.6) is 0 Å². The Balaban J connectivity index is 3.17. The van der Waals surface area contributed by atoms with Gasteiger partial charge in [-0.05, 0) is 19.9 Å². The molecule has 9 heavy (non-hydrogen) atoms. The molecule has 0 atom stereocenters. The molecule has 44 valence electrons. The van der Waals surface area contributed by atoms with E-state index in [0.717, 1.165) is 16.9 Å². The van der Waals surface area contributed by atoms with Crippen molar-refractivity contribution in [3.05, 3.63) is 23.5 Å². The van der Waals surface area contributed by atoms with Crippen molar-refractivity contribution in [2.24, 2.45) is 0 Å². The minimum atomic E-state index is 0.764. The van der Waals surface area contributed by atoms with Crippen molar-refractivity contribution in [2.75, 3.05) is 0 Å². The predicted molar refractivity (Wildman–Crippen MR) is 39.1 cm³/mol. The van der Waals surface area contributed by atoms with Gasteiger partial charge < -0.3 is 0 Å². The third-order valence-corrected chi connectivity index (χ3v) is 1.27. The van der Waals surface area contributed by atoms with Crippen LogP contribution < -0.4 is 5.46 Å². The van der Waals surface area contributed by atoms with Crippen molar-refractivity contribution in [1.29, 1.82) is 0 Å². The van der Waals surface area contributed by atoms with Gasteiger partial charge in [-0.2, -0.15) is 0 Å². The van der Waals surface area contributed by atoms with E-state index in [4.69, 9.17) is 7.85 Å². The summed E-state index contributed by atoms with van der Waals surface area (Å²) in [4.78, 5) is 4.15. The van der Waals surface area contributed by atoms with Crippen LogP contribution in [0.25, 0.3) is 0 Å². The fraction of sp³-hybridized carbons (Fsp3) is 0.286. The van der Waals surface area contributed by atoms with Crippen LogP contribution in [0.2, 0.25) is 0 Å². The van der Waals surface area contributed by atoms with Gasteiger partial charge in [0.25, 0.3) is 0 Å². The van der Waals surface area contributed by atoms with Crippen LogP contribution >= 0.6 is 0 Å². The summed E-state index contributed by atoms with van der Waals surface area (Å²) < 4.78 is 0. The van der Waals surface area contributed by atoms with Gasteiger partial charge in [0.15, 0.2) is 0 Å². The molecule has 2 heteroatoms. The van der Waals surface area contributed by atoms with E-state index >= 15 is 0 Å². The molecular formula is C7H8BN. The Morgan fingerprint density at radius 3 is 2.44 bits per heavy atom. The van der Waals surface area contributed by atoms with E-state index in [9.17, 15) is 0 Å². The van der Waals surface area contributed by atoms with Crippen LogP contribution in [0.4, 0.5) is 0 Å². The van der Waals surface area contributed by atoms with Crippen LogP contribution in [0.3, 0.4) is 0 Å². The lowest BCUT2D eigenvalue weighted by Gasteiger charge is -1.97. The summed E-state index contributed by atoms with van der Waals surface area (Å²) >= 11 is 0. The second-order valence-corrected chi connectivity index (χ2v) is 2.13. The number of nitrogens with zero attached hydrogens (tertiary/aromatic N) is 1. The van der Waals surface area contributed by atoms with E-state index in [2.05, 4.69) is 4.98 Å². The van der Waals surface area contributed by atoms with Gasteiger partial charge in [0, 0.05) is 11.4 Å². The first-order valence-corrected chi connectivity index (χ1v) is 2.90. The molecule has 1 aromatic heterocycles. The van der Waals surface area contributed by atoms with Crippen molar-refractivity contribution in [3.63, 3.8) is 0 Å². The third kappa shape index (κ3) is 1.32. The van der Waals surface area contributed by atoms with Gasteiger partial charge in [0.1, 0.15) is 7.85 Å². The van der Waals surface area contributed by atoms with Gasteiger partial charge in [-0.1, -0.05) is 11.5 Å². The van der Waals surface area contributed by atoms with E-state index in [0.29, 0.717) is 0 Å². The monoisotopic (exact) mass is 117 g/mol. The van der Waals surface area contributed by atoms with Crippen LogP contribution in [0.1, 0.15) is 11.4 Å². The Labute approximate surface area is 56.5 Å². The number of aromatic nitrogens is 1. The molecule has 0 saturated heterocycles. The number of pyridine rings is 1. The highest BCUT2D eigenvalue weighted by atomic mass is 14.7. The minimum absolute atomic E-state index is 0.764. The molecule has 0 aliphatic carbocycles. The number of rotatable bonds is 0. The van der Waals surface area contributed by atoms with Crippen LogP contribution in [-0.2, 0) is 0 Å². The fourth-order valence-electron chi connectivity index (χ4n) is 0.697. The van der Waals surface area contributed by atoms with Crippen LogP contribution in [-0.4, -0.2) is 12.8 Å². The number of hydrogen-bond acceptors (Lipinski definition) is 1. The van der Waals surface area contributed by atoms with Crippen LogP contribution in [0, 0.1) is 13.8 Å². The van der Waals surface area contributed by atoms with Crippen molar-refractivity contribution in [1.82, 2.24) is 4.98 Å². The molecule has 0 aromatic carbocycles. The molecule has 0 fully saturated rings. The topological polar surface area (TPSA) is 12.9 Å². The van der Waals surface area contributed by atoms with Gasteiger partial charge in [0.05, 0.1) is 0 Å². The van der Waals surface area contributed by atoms with Crippen molar-refractivity contribution in [2.45, 2.75) is 13.8 Å². The molecule has 0 spiro atoms. The number of aryl methyl sites for hydroxylation is 2. The molecule has 0 saturated carbocycles. The summed E-state index contributed by atoms with van der Waals surface area (Å²) in [7, 11) is 5.53. The Bertz CT molecular complexity index is 220. The molecule has 1 nitrogen and oxygen atoms in total. The van der Waals surface area contributed by atoms with E-state index in [1.165, 1.54) is 0 Å². The second-order valence-electron chi connectivity index (χ2n) is 2.13. The molecule has 1 rings (SSSR count). The Morgan fingerprint density at radius 2 is 2.00 bits per heavy atom. The largest absolute Gasteiger partial charge is 0.259 e. The molecule has 0 aliphatic rings. The summed E-state index contributed by atoms with van der Waals surface area (Å²) in [5, 5.41) is 0. The summed E-state index contributed by atoms with van der Waals surface area (Å²) in [6, 6.07) is 3.78. The SMILES string of the molecule is [B]c1ccc(C)nc1C. The zero-order valence-electron chi connectivity index (χ0n) is 5.68. The molecule has 1 aromatic rings. The maximum Gasteiger partial charge on any atom is 0.116 e. The smallest absolute Gasteiger partial charge is 0.116 e. The Kier molecular flexibility index (Phi) is 1.56. The standard InChI is InChI=1S/C7H8BN/c1-5-3-4-7(8)6(2)9-5/h3-4H,1-2H3. The van der Waals surface area contributed by atoms with Crippen molar-refractivity contribution >= 4 is 13.3 Å². The molecular weight excluding hydrogens is 109 g/mol. The van der Waals surface area contributed by atoms with E-state index in [-0.39, 0.29) is 0 Å². The zero-order valence-corrected chi connectivity index (χ0v) is 5.68. The van der Waals surface area contributed by atoms with Crippen molar-refractivity contribution < 1.29 is 0 Å². The zero-order chi connectivity index (χ0) is 6.85. The lowest BCUT2D eigenvalue weighted by Crippen LogP contribution is -2.08. The third-order valence-electron chi connectivity index (χ3n) is 1.27. The van der Waals surface area contributed by atoms with E-state index in [1.807, 2.05) is 26.0 Å². The van der Waals surface area contributed by atoms with Gasteiger partial charge in [-0.3, -0.25) is 4.98 Å². The predicted octanol–water partition coefficient (Wildman–Crippen LogP) is 0.492. The summed E-state index contributed by atoms with van der Waals surface area (Å²) in [5.41, 5.74) is 2.69. The molecule has 0 N–H and O–H groups in total. The maximum atomic E-state index is 5.53. The summed E-state index contributed by atoms with van der Waals surface area (Å²) in [6.45, 7) is 3.86. The molecule has 0 aliphatic heterocycles. The van der Waals surface area contributed by atoms with E-state index < -0.39 is 0 Å². The first-order chi connectivity index (χ1) is 4.20. The highest BCUT2D eigenvalue weighted by Crippen LogP contribution is 1.90. The molecule has 1 heterocycles. The molecule has 0 amide bonds. The second kappa shape index (κ2) is 2.22. The van der Waals surface area contributed by atoms with Gasteiger partial charge in [0.2, 0.25) is 0 Å². The van der Waals surface area contributed by atoms with Crippen LogP contribution in [0.15, 0.2) is 12.1 Å². The average molecular weight is 117 g/mol. The quantitative estimate of drug-likeness (QED) is 0.450. The molecule has 0 bridgehead atoms. The molecule has 2 radical (unpaired) electrons. The number of hydrogen-bond donors (Lipinski definition) is 0. The lowest BCUT2D eigenvalue weighted by atomic mass is 9.95. The Hall–Kier alpha value is -0.785. The first-order valence-electron chi connectivity index (χ1n) is 2.90. The molecule has 0 unspecified atom stereocenters. The highest BCUT2D eigenvalue weighted by Gasteiger charge is 1.90. The minimum Gasteiger partial charge on any atom is -0.259 e. The van der Waals surface area contributed by atoms with Gasteiger partial charge in [-0.15, -0.1) is 0 Å². The fourth-order valence-corrected chi connectivity index (χ4v) is 0.697. The van der Waals surface area contributed by atoms with Crippen molar-refractivity contribution in [3.8, 4) is 0 Å². The summed E-state index contributed by atoms with van der Waals surface area (Å²) in [5.74, 6) is 0. The first kappa shape index (κ1) is 6.34. The van der Waals surface area contributed by atoms with E-state index in [1.54, 1.807) is 0 Å². The summed E-state index contributed by atoms with van der Waals surface area (Å²) in [6.07, 6.45) is 0. The Morgan fingerprint density at radius 1 is 1.33 bits per heavy atom. The van der Waals surface area contributed by atoms with Gasteiger partial charge >= 0.3 is 0 Å². The normalized spacial score (nSPS) is 9.56. The lowest BCUT2D eigenvalue weighted by molar-refractivity contribution is 1.14. The van der Waals surface area contributed by atoms with Gasteiger partial charge in [-0.25, -0.2) is 0 Å². The highest BCUT2D eigenvalue weighted by molar-refractivity contribution is 6.32. The maximum absolute atomic E-state index is 5.53.